The summed E-state index contributed by atoms with van der Waals surface area (Å²) >= 11 is 0. The van der Waals surface area contributed by atoms with Gasteiger partial charge in [0.15, 0.2) is 0 Å². The van der Waals surface area contributed by atoms with E-state index in [0.717, 1.165) is 11.3 Å². The first-order valence-corrected chi connectivity index (χ1v) is 5.15. The number of aryl methyl sites for hydroxylation is 1. The van der Waals surface area contributed by atoms with Crippen LogP contribution in [0.4, 0.5) is 5.69 Å². The molecule has 2 N–H and O–H groups in total. The average molecular weight is 206 g/mol. The summed E-state index contributed by atoms with van der Waals surface area (Å²) in [5, 5.41) is 1.23. The molecule has 0 atom stereocenters. The summed E-state index contributed by atoms with van der Waals surface area (Å²) < 4.78 is 0. The minimum Gasteiger partial charge on any atom is -0.273 e. The molecule has 3 heteroatoms. The zero-order chi connectivity index (χ0) is 11.4. The molecule has 0 unspecified atom stereocenters. The van der Waals surface area contributed by atoms with E-state index in [4.69, 9.17) is 5.84 Å². The zero-order valence-corrected chi connectivity index (χ0v) is 9.53. The number of rotatable bonds is 3. The Morgan fingerprint density at radius 3 is 2.67 bits per heavy atom. The second-order valence-corrected chi connectivity index (χ2v) is 4.20. The molecule has 1 rings (SSSR count). The second-order valence-electron chi connectivity index (χ2n) is 4.20. The topological polar surface area (TPSA) is 46.3 Å². The van der Waals surface area contributed by atoms with Crippen molar-refractivity contribution < 1.29 is 4.79 Å². The Hall–Kier alpha value is -1.35. The van der Waals surface area contributed by atoms with Crippen LogP contribution in [-0.2, 0) is 4.79 Å². The summed E-state index contributed by atoms with van der Waals surface area (Å²) in [6.07, 6.45) is 0.477. The van der Waals surface area contributed by atoms with Crippen LogP contribution in [0.3, 0.4) is 0 Å². The molecule has 0 saturated heterocycles. The van der Waals surface area contributed by atoms with E-state index in [-0.39, 0.29) is 5.91 Å². The Labute approximate surface area is 90.9 Å². The van der Waals surface area contributed by atoms with Gasteiger partial charge in [0.25, 0.3) is 0 Å². The Bertz CT molecular complexity index is 347. The molecule has 0 aliphatic heterocycles. The molecule has 1 amide bonds. The molecule has 3 nitrogen and oxygen atoms in total. The molecular formula is C12H18N2O. The highest BCUT2D eigenvalue weighted by atomic mass is 16.2. The van der Waals surface area contributed by atoms with Gasteiger partial charge < -0.3 is 0 Å². The maximum absolute atomic E-state index is 11.7. The lowest BCUT2D eigenvalue weighted by molar-refractivity contribution is -0.119. The molecule has 82 valence electrons. The number of carbonyl (C=O) groups excluding carboxylic acids is 1. The molecule has 0 fully saturated rings. The molecule has 0 radical (unpaired) electrons. The summed E-state index contributed by atoms with van der Waals surface area (Å²) in [5.74, 6) is 6.02. The number of nitrogens with zero attached hydrogens (tertiary/aromatic N) is 1. The number of amides is 1. The molecule has 1 aromatic carbocycles. The van der Waals surface area contributed by atoms with Crippen molar-refractivity contribution in [2.24, 2.45) is 11.8 Å². The van der Waals surface area contributed by atoms with E-state index in [0.29, 0.717) is 12.3 Å². The highest BCUT2D eigenvalue weighted by Gasteiger charge is 2.12. The van der Waals surface area contributed by atoms with Gasteiger partial charge in [-0.3, -0.25) is 4.79 Å². The third-order valence-corrected chi connectivity index (χ3v) is 2.13. The van der Waals surface area contributed by atoms with Crippen molar-refractivity contribution in [2.45, 2.75) is 27.2 Å². The van der Waals surface area contributed by atoms with Crippen molar-refractivity contribution in [2.75, 3.05) is 5.01 Å². The van der Waals surface area contributed by atoms with Gasteiger partial charge in [-0.05, 0) is 30.5 Å². The van der Waals surface area contributed by atoms with Crippen LogP contribution in [0.5, 0.6) is 0 Å². The van der Waals surface area contributed by atoms with Gasteiger partial charge >= 0.3 is 0 Å². The molecule has 0 saturated carbocycles. The highest BCUT2D eigenvalue weighted by Crippen LogP contribution is 2.14. The van der Waals surface area contributed by atoms with E-state index in [1.165, 1.54) is 5.01 Å². The number of hydrogen-bond acceptors (Lipinski definition) is 2. The first kappa shape index (κ1) is 11.7. The van der Waals surface area contributed by atoms with E-state index in [1.807, 2.05) is 45.0 Å². The van der Waals surface area contributed by atoms with Crippen molar-refractivity contribution in [3.05, 3.63) is 29.8 Å². The molecule has 0 spiro atoms. The van der Waals surface area contributed by atoms with E-state index < -0.39 is 0 Å². The smallest absolute Gasteiger partial charge is 0.241 e. The first-order chi connectivity index (χ1) is 7.00. The van der Waals surface area contributed by atoms with E-state index in [1.54, 1.807) is 0 Å². The lowest BCUT2D eigenvalue weighted by Crippen LogP contribution is -2.38. The molecule has 0 heterocycles. The van der Waals surface area contributed by atoms with Gasteiger partial charge in [0, 0.05) is 6.42 Å². The van der Waals surface area contributed by atoms with Crippen molar-refractivity contribution in [3.8, 4) is 0 Å². The fourth-order valence-electron chi connectivity index (χ4n) is 1.37. The van der Waals surface area contributed by atoms with Crippen molar-refractivity contribution in [3.63, 3.8) is 0 Å². The van der Waals surface area contributed by atoms with Gasteiger partial charge in [0.1, 0.15) is 0 Å². The SMILES string of the molecule is Cc1cccc(N(N)C(=O)CC(C)C)c1. The van der Waals surface area contributed by atoms with E-state index >= 15 is 0 Å². The number of anilines is 1. The minimum absolute atomic E-state index is 0.0457. The van der Waals surface area contributed by atoms with Crippen molar-refractivity contribution in [1.29, 1.82) is 0 Å². The molecular weight excluding hydrogens is 188 g/mol. The van der Waals surface area contributed by atoms with Gasteiger partial charge in [0.2, 0.25) is 5.91 Å². The second kappa shape index (κ2) is 4.94. The van der Waals surface area contributed by atoms with Gasteiger partial charge in [-0.2, -0.15) is 0 Å². The van der Waals surface area contributed by atoms with Crippen LogP contribution in [0.1, 0.15) is 25.8 Å². The Balaban J connectivity index is 2.76. The van der Waals surface area contributed by atoms with Crippen LogP contribution < -0.4 is 10.9 Å². The largest absolute Gasteiger partial charge is 0.273 e. The highest BCUT2D eigenvalue weighted by molar-refractivity contribution is 5.92. The predicted octanol–water partition coefficient (Wildman–Crippen LogP) is 2.25. The Morgan fingerprint density at radius 2 is 2.13 bits per heavy atom. The number of benzene rings is 1. The fraction of sp³-hybridized carbons (Fsp3) is 0.417. The first-order valence-electron chi connectivity index (χ1n) is 5.15. The summed E-state index contributed by atoms with van der Waals surface area (Å²) in [6, 6.07) is 7.61. The maximum atomic E-state index is 11.7. The lowest BCUT2D eigenvalue weighted by atomic mass is 10.1. The molecule has 1 aromatic rings. The summed E-state index contributed by atoms with van der Waals surface area (Å²) in [5.41, 5.74) is 1.85. The molecule has 0 aliphatic rings. The van der Waals surface area contributed by atoms with Gasteiger partial charge in [-0.15, -0.1) is 0 Å². The van der Waals surface area contributed by atoms with Gasteiger partial charge in [-0.1, -0.05) is 26.0 Å². The zero-order valence-electron chi connectivity index (χ0n) is 9.53. The van der Waals surface area contributed by atoms with Gasteiger partial charge in [0.05, 0.1) is 5.69 Å². The number of carbonyl (C=O) groups is 1. The van der Waals surface area contributed by atoms with Crippen LogP contribution >= 0.6 is 0 Å². The number of nitrogens with two attached hydrogens (primary N) is 1. The third-order valence-electron chi connectivity index (χ3n) is 2.13. The van der Waals surface area contributed by atoms with Crippen LogP contribution in [0, 0.1) is 12.8 Å². The molecule has 15 heavy (non-hydrogen) atoms. The van der Waals surface area contributed by atoms with Crippen LogP contribution in [0.25, 0.3) is 0 Å². The fourth-order valence-corrected chi connectivity index (χ4v) is 1.37. The van der Waals surface area contributed by atoms with Crippen LogP contribution in [-0.4, -0.2) is 5.91 Å². The maximum Gasteiger partial charge on any atom is 0.241 e. The normalized spacial score (nSPS) is 10.5. The Kier molecular flexibility index (Phi) is 3.86. The van der Waals surface area contributed by atoms with E-state index in [2.05, 4.69) is 0 Å². The lowest BCUT2D eigenvalue weighted by Gasteiger charge is -2.18. The molecule has 0 bridgehead atoms. The standard InChI is InChI=1S/C12H18N2O/c1-9(2)7-12(15)14(13)11-6-4-5-10(3)8-11/h4-6,8-9H,7,13H2,1-3H3. The van der Waals surface area contributed by atoms with Crippen molar-refractivity contribution >= 4 is 11.6 Å². The monoisotopic (exact) mass is 206 g/mol. The predicted molar refractivity (Wildman–Crippen MR) is 62.3 cm³/mol. The molecule has 0 aliphatic carbocycles. The minimum atomic E-state index is -0.0457. The summed E-state index contributed by atoms with van der Waals surface area (Å²) in [4.78, 5) is 11.7. The van der Waals surface area contributed by atoms with E-state index in [9.17, 15) is 4.79 Å². The third kappa shape index (κ3) is 3.36. The van der Waals surface area contributed by atoms with Crippen molar-refractivity contribution in [1.82, 2.24) is 0 Å². The quantitative estimate of drug-likeness (QED) is 0.468. The average Bonchev–Trinajstić information content (AvgIpc) is 2.15. The summed E-state index contributed by atoms with van der Waals surface area (Å²) in [6.45, 7) is 5.98. The van der Waals surface area contributed by atoms with Gasteiger partial charge in [-0.25, -0.2) is 10.9 Å². The number of hydrogen-bond donors (Lipinski definition) is 1. The van der Waals surface area contributed by atoms with Crippen LogP contribution in [0.15, 0.2) is 24.3 Å². The number of hydrazine groups is 1. The van der Waals surface area contributed by atoms with Crippen LogP contribution in [0.2, 0.25) is 0 Å². The Morgan fingerprint density at radius 1 is 1.47 bits per heavy atom. The summed E-state index contributed by atoms with van der Waals surface area (Å²) in [7, 11) is 0. The molecule has 0 aromatic heterocycles.